The van der Waals surface area contributed by atoms with Gasteiger partial charge < -0.3 is 15.0 Å². The Morgan fingerprint density at radius 1 is 1.00 bits per heavy atom. The van der Waals surface area contributed by atoms with E-state index in [1.807, 2.05) is 48.5 Å². The number of nitrogens with zero attached hydrogens (tertiary/aromatic N) is 3. The van der Waals surface area contributed by atoms with Crippen LogP contribution in [0, 0.1) is 0 Å². The van der Waals surface area contributed by atoms with Crippen LogP contribution < -0.4 is 15.5 Å². The van der Waals surface area contributed by atoms with Crippen LogP contribution in [0.1, 0.15) is 16.8 Å². The monoisotopic (exact) mass is 391 g/mol. The second-order valence-electron chi connectivity index (χ2n) is 6.67. The fraction of sp³-hybridized carbons (Fsp3) is 0.190. The molecule has 4 rings (SSSR count). The maximum atomic E-state index is 12.5. The molecule has 3 amide bonds. The van der Waals surface area contributed by atoms with Crippen LogP contribution in [0.4, 0.5) is 4.79 Å². The van der Waals surface area contributed by atoms with Crippen molar-refractivity contribution in [1.29, 1.82) is 0 Å². The number of ether oxygens (including phenoxy) is 1. The average molecular weight is 391 g/mol. The molecule has 8 nitrogen and oxygen atoms in total. The van der Waals surface area contributed by atoms with Gasteiger partial charge >= 0.3 is 6.03 Å². The molecule has 0 saturated carbocycles. The summed E-state index contributed by atoms with van der Waals surface area (Å²) in [5.41, 5.74) is 5.42. The van der Waals surface area contributed by atoms with Crippen LogP contribution in [0.5, 0.6) is 5.75 Å². The molecule has 0 radical (unpaired) electrons. The van der Waals surface area contributed by atoms with Gasteiger partial charge in [0.25, 0.3) is 5.91 Å². The largest absolute Gasteiger partial charge is 0.484 e. The van der Waals surface area contributed by atoms with Gasteiger partial charge in [-0.3, -0.25) is 4.79 Å². The molecule has 1 aliphatic heterocycles. The molecule has 0 saturated heterocycles. The van der Waals surface area contributed by atoms with Gasteiger partial charge in [0.05, 0.1) is 25.0 Å². The lowest BCUT2D eigenvalue weighted by molar-refractivity contribution is -0.119. The predicted octanol–water partition coefficient (Wildman–Crippen LogP) is 2.26. The van der Waals surface area contributed by atoms with Crippen molar-refractivity contribution < 1.29 is 14.3 Å². The van der Waals surface area contributed by atoms with Crippen LogP contribution in [-0.4, -0.2) is 33.3 Å². The van der Waals surface area contributed by atoms with Crippen LogP contribution in [0.25, 0.3) is 0 Å². The van der Waals surface area contributed by atoms with Gasteiger partial charge in [-0.2, -0.15) is 9.89 Å². The Labute approximate surface area is 168 Å². The van der Waals surface area contributed by atoms with E-state index in [-0.39, 0.29) is 18.5 Å². The Balaban J connectivity index is 1.29. The molecule has 1 aromatic heterocycles. The van der Waals surface area contributed by atoms with Crippen molar-refractivity contribution >= 4 is 11.9 Å². The molecule has 1 aliphatic rings. The first-order chi connectivity index (χ1) is 14.2. The number of hydrogen-bond acceptors (Lipinski definition) is 4. The number of para-hydroxylation sites is 1. The van der Waals surface area contributed by atoms with E-state index in [2.05, 4.69) is 15.8 Å². The lowest BCUT2D eigenvalue weighted by Crippen LogP contribution is -2.37. The maximum Gasteiger partial charge on any atom is 0.318 e. The van der Waals surface area contributed by atoms with Crippen molar-refractivity contribution in [3.8, 4) is 5.75 Å². The van der Waals surface area contributed by atoms with E-state index in [4.69, 9.17) is 4.74 Å². The standard InChI is InChI=1S/C21H21N5O3/c27-20(15-29-18-9-5-2-6-10-18)24-26-19-14-25(13-17(19)12-23-26)21(28)22-11-16-7-3-1-4-8-16/h1-10,12H,11,13-15H2,(H,22,28)(H,24,27). The number of hydrogen-bond donors (Lipinski definition) is 2. The number of benzene rings is 2. The zero-order valence-corrected chi connectivity index (χ0v) is 15.7. The van der Waals surface area contributed by atoms with Crippen molar-refractivity contribution in [2.45, 2.75) is 19.6 Å². The Kier molecular flexibility index (Phi) is 5.42. The zero-order valence-electron chi connectivity index (χ0n) is 15.7. The molecule has 29 heavy (non-hydrogen) atoms. The second-order valence-corrected chi connectivity index (χ2v) is 6.67. The van der Waals surface area contributed by atoms with Gasteiger partial charge in [-0.05, 0) is 17.7 Å². The third-order valence-electron chi connectivity index (χ3n) is 4.57. The minimum atomic E-state index is -0.327. The van der Waals surface area contributed by atoms with Gasteiger partial charge in [-0.15, -0.1) is 0 Å². The number of carbonyl (C=O) groups excluding carboxylic acids is 2. The van der Waals surface area contributed by atoms with Gasteiger partial charge in [0, 0.05) is 12.1 Å². The first kappa shape index (κ1) is 18.5. The Morgan fingerprint density at radius 2 is 1.72 bits per heavy atom. The molecule has 0 bridgehead atoms. The molecule has 0 atom stereocenters. The molecule has 3 aromatic rings. The Morgan fingerprint density at radius 3 is 2.48 bits per heavy atom. The second kappa shape index (κ2) is 8.47. The topological polar surface area (TPSA) is 88.5 Å². The summed E-state index contributed by atoms with van der Waals surface area (Å²) < 4.78 is 5.44. The van der Waals surface area contributed by atoms with Crippen LogP contribution in [-0.2, 0) is 24.4 Å². The number of aromatic nitrogens is 2. The molecule has 0 fully saturated rings. The van der Waals surface area contributed by atoms with E-state index in [0.717, 1.165) is 16.8 Å². The summed E-state index contributed by atoms with van der Waals surface area (Å²) in [5.74, 6) is 0.293. The van der Waals surface area contributed by atoms with Crippen molar-refractivity contribution in [3.63, 3.8) is 0 Å². The van der Waals surface area contributed by atoms with Gasteiger partial charge in [0.2, 0.25) is 0 Å². The quantitative estimate of drug-likeness (QED) is 0.675. The van der Waals surface area contributed by atoms with Gasteiger partial charge in [0.1, 0.15) is 5.75 Å². The lowest BCUT2D eigenvalue weighted by atomic mass is 10.2. The van der Waals surface area contributed by atoms with Gasteiger partial charge in [-0.25, -0.2) is 10.2 Å². The maximum absolute atomic E-state index is 12.5. The minimum Gasteiger partial charge on any atom is -0.484 e. The van der Waals surface area contributed by atoms with Crippen molar-refractivity contribution in [2.24, 2.45) is 0 Å². The van der Waals surface area contributed by atoms with Gasteiger partial charge in [0.15, 0.2) is 6.61 Å². The Hall–Kier alpha value is -3.81. The highest BCUT2D eigenvalue weighted by atomic mass is 16.5. The van der Waals surface area contributed by atoms with E-state index in [1.165, 1.54) is 4.79 Å². The smallest absolute Gasteiger partial charge is 0.318 e. The van der Waals surface area contributed by atoms with E-state index < -0.39 is 0 Å². The highest BCUT2D eigenvalue weighted by molar-refractivity contribution is 5.85. The fourth-order valence-corrected chi connectivity index (χ4v) is 3.09. The number of amides is 3. The summed E-state index contributed by atoms with van der Waals surface area (Å²) in [7, 11) is 0. The molecule has 8 heteroatoms. The Bertz CT molecular complexity index is 988. The summed E-state index contributed by atoms with van der Waals surface area (Å²) in [6.07, 6.45) is 1.66. The van der Waals surface area contributed by atoms with Crippen LogP contribution in [0.3, 0.4) is 0 Å². The molecule has 2 heterocycles. The highest BCUT2D eigenvalue weighted by Crippen LogP contribution is 2.21. The molecule has 0 unspecified atom stereocenters. The summed E-state index contributed by atoms with van der Waals surface area (Å²) in [5, 5.41) is 7.11. The van der Waals surface area contributed by atoms with Crippen molar-refractivity contribution in [2.75, 3.05) is 12.0 Å². The van der Waals surface area contributed by atoms with Gasteiger partial charge in [-0.1, -0.05) is 48.5 Å². The third kappa shape index (κ3) is 4.55. The number of nitrogens with one attached hydrogen (secondary N) is 2. The van der Waals surface area contributed by atoms with E-state index >= 15 is 0 Å². The lowest BCUT2D eigenvalue weighted by Gasteiger charge is -2.17. The van der Waals surface area contributed by atoms with Crippen LogP contribution in [0.15, 0.2) is 66.9 Å². The first-order valence-electron chi connectivity index (χ1n) is 9.29. The molecular weight excluding hydrogens is 370 g/mol. The van der Waals surface area contributed by atoms with Crippen molar-refractivity contribution in [3.05, 3.63) is 83.7 Å². The fourth-order valence-electron chi connectivity index (χ4n) is 3.09. The predicted molar refractivity (Wildman–Crippen MR) is 106 cm³/mol. The number of urea groups is 1. The van der Waals surface area contributed by atoms with E-state index in [0.29, 0.717) is 25.4 Å². The molecule has 148 valence electrons. The SMILES string of the molecule is O=C(COc1ccccc1)Nn1ncc2c1CN(C(=O)NCc1ccccc1)C2. The van der Waals surface area contributed by atoms with E-state index in [1.54, 1.807) is 23.2 Å². The summed E-state index contributed by atoms with van der Waals surface area (Å²) in [6, 6.07) is 18.7. The summed E-state index contributed by atoms with van der Waals surface area (Å²) >= 11 is 0. The number of carbonyl (C=O) groups is 2. The molecular formula is C21H21N5O3. The molecule has 0 aliphatic carbocycles. The van der Waals surface area contributed by atoms with Crippen LogP contribution >= 0.6 is 0 Å². The molecule has 0 spiro atoms. The zero-order chi connectivity index (χ0) is 20.1. The highest BCUT2D eigenvalue weighted by Gasteiger charge is 2.27. The van der Waals surface area contributed by atoms with E-state index in [9.17, 15) is 9.59 Å². The minimum absolute atomic E-state index is 0.125. The average Bonchev–Trinajstić information content (AvgIpc) is 3.34. The molecule has 2 aromatic carbocycles. The molecule has 2 N–H and O–H groups in total. The van der Waals surface area contributed by atoms with Crippen LogP contribution in [0.2, 0.25) is 0 Å². The van der Waals surface area contributed by atoms with Crippen molar-refractivity contribution in [1.82, 2.24) is 20.1 Å². The third-order valence-corrected chi connectivity index (χ3v) is 4.57. The number of rotatable bonds is 6. The first-order valence-corrected chi connectivity index (χ1v) is 9.29. The summed E-state index contributed by atoms with van der Waals surface area (Å²) in [6.45, 7) is 1.16. The number of fused-ring (bicyclic) bond motifs is 1. The normalized spacial score (nSPS) is 12.3. The summed E-state index contributed by atoms with van der Waals surface area (Å²) in [4.78, 5) is 27.7.